The van der Waals surface area contributed by atoms with Crippen molar-refractivity contribution in [3.05, 3.63) is 65.7 Å². The third-order valence-electron chi connectivity index (χ3n) is 3.42. The topological polar surface area (TPSA) is 38.1 Å². The molecule has 0 aliphatic carbocycles. The van der Waals surface area contributed by atoms with Crippen molar-refractivity contribution < 1.29 is 4.42 Å². The monoisotopic (exact) mass is 266 g/mol. The summed E-state index contributed by atoms with van der Waals surface area (Å²) in [6.45, 7) is 5.01. The molecule has 2 heterocycles. The van der Waals surface area contributed by atoms with Crippen LogP contribution in [-0.4, -0.2) is 11.5 Å². The van der Waals surface area contributed by atoms with E-state index in [1.165, 1.54) is 10.9 Å². The number of hydrogen-bond acceptors (Lipinski definition) is 3. The molecule has 0 saturated carbocycles. The SMILES string of the molecule is CCNC(c1ccco1)c1cc(C)nc2ccccc12. The van der Waals surface area contributed by atoms with Crippen LogP contribution >= 0.6 is 0 Å². The molecule has 102 valence electrons. The molecule has 0 bridgehead atoms. The van der Waals surface area contributed by atoms with Gasteiger partial charge in [-0.2, -0.15) is 0 Å². The number of aryl methyl sites for hydroxylation is 1. The van der Waals surface area contributed by atoms with Gasteiger partial charge in [-0.1, -0.05) is 25.1 Å². The van der Waals surface area contributed by atoms with Crippen LogP contribution in [0.4, 0.5) is 0 Å². The predicted molar refractivity (Wildman–Crippen MR) is 80.7 cm³/mol. The van der Waals surface area contributed by atoms with Crippen molar-refractivity contribution in [1.29, 1.82) is 0 Å². The second-order valence-corrected chi connectivity index (χ2v) is 4.88. The molecule has 3 aromatic rings. The van der Waals surface area contributed by atoms with Gasteiger partial charge in [0, 0.05) is 11.1 Å². The lowest BCUT2D eigenvalue weighted by Crippen LogP contribution is -2.22. The van der Waals surface area contributed by atoms with E-state index in [-0.39, 0.29) is 6.04 Å². The summed E-state index contributed by atoms with van der Waals surface area (Å²) in [7, 11) is 0. The molecule has 3 heteroatoms. The van der Waals surface area contributed by atoms with Gasteiger partial charge in [-0.05, 0) is 43.3 Å². The molecular formula is C17H18N2O. The summed E-state index contributed by atoms with van der Waals surface area (Å²) in [5, 5.41) is 4.67. The normalized spacial score (nSPS) is 12.7. The van der Waals surface area contributed by atoms with Gasteiger partial charge in [-0.15, -0.1) is 0 Å². The van der Waals surface area contributed by atoms with Crippen LogP contribution in [-0.2, 0) is 0 Å². The Hall–Kier alpha value is -2.13. The van der Waals surface area contributed by atoms with Crippen LogP contribution in [0, 0.1) is 6.92 Å². The largest absolute Gasteiger partial charge is 0.467 e. The number of para-hydroxylation sites is 1. The van der Waals surface area contributed by atoms with Gasteiger partial charge in [0.2, 0.25) is 0 Å². The summed E-state index contributed by atoms with van der Waals surface area (Å²) < 4.78 is 5.61. The lowest BCUT2D eigenvalue weighted by atomic mass is 9.99. The van der Waals surface area contributed by atoms with Crippen molar-refractivity contribution >= 4 is 10.9 Å². The van der Waals surface area contributed by atoms with Crippen molar-refractivity contribution in [1.82, 2.24) is 10.3 Å². The summed E-state index contributed by atoms with van der Waals surface area (Å²) in [5.41, 5.74) is 3.26. The molecule has 0 spiro atoms. The Bertz CT molecular complexity index is 704. The molecule has 0 radical (unpaired) electrons. The maximum atomic E-state index is 5.61. The second kappa shape index (κ2) is 5.47. The molecule has 1 N–H and O–H groups in total. The Morgan fingerprint density at radius 1 is 1.20 bits per heavy atom. The Morgan fingerprint density at radius 2 is 2.05 bits per heavy atom. The van der Waals surface area contributed by atoms with Crippen LogP contribution in [0.15, 0.2) is 53.1 Å². The molecule has 0 aliphatic heterocycles. The molecule has 2 aromatic heterocycles. The number of hydrogen-bond donors (Lipinski definition) is 1. The maximum absolute atomic E-state index is 5.61. The fourth-order valence-electron chi connectivity index (χ4n) is 2.60. The van der Waals surface area contributed by atoms with Crippen LogP contribution in [0.25, 0.3) is 10.9 Å². The number of pyridine rings is 1. The van der Waals surface area contributed by atoms with Crippen molar-refractivity contribution in [3.8, 4) is 0 Å². The first-order valence-corrected chi connectivity index (χ1v) is 6.92. The molecule has 3 rings (SSSR count). The van der Waals surface area contributed by atoms with Crippen LogP contribution in [0.2, 0.25) is 0 Å². The smallest absolute Gasteiger partial charge is 0.125 e. The minimum absolute atomic E-state index is 0.0570. The minimum Gasteiger partial charge on any atom is -0.467 e. The molecule has 0 aliphatic rings. The van der Waals surface area contributed by atoms with Gasteiger partial charge in [-0.25, -0.2) is 0 Å². The second-order valence-electron chi connectivity index (χ2n) is 4.88. The number of nitrogens with one attached hydrogen (secondary N) is 1. The quantitative estimate of drug-likeness (QED) is 0.779. The third-order valence-corrected chi connectivity index (χ3v) is 3.42. The zero-order chi connectivity index (χ0) is 13.9. The van der Waals surface area contributed by atoms with Crippen LogP contribution in [0.1, 0.15) is 30.0 Å². The van der Waals surface area contributed by atoms with Gasteiger partial charge in [0.1, 0.15) is 5.76 Å². The summed E-state index contributed by atoms with van der Waals surface area (Å²) in [5.74, 6) is 0.933. The maximum Gasteiger partial charge on any atom is 0.125 e. The number of furan rings is 1. The Balaban J connectivity index is 2.20. The van der Waals surface area contributed by atoms with E-state index in [0.717, 1.165) is 23.5 Å². The van der Waals surface area contributed by atoms with Crippen molar-refractivity contribution in [2.75, 3.05) is 6.54 Å². The Morgan fingerprint density at radius 3 is 2.80 bits per heavy atom. The Labute approximate surface area is 118 Å². The van der Waals surface area contributed by atoms with Crippen LogP contribution in [0.3, 0.4) is 0 Å². The first-order valence-electron chi connectivity index (χ1n) is 6.92. The Kier molecular flexibility index (Phi) is 3.52. The molecule has 1 atom stereocenters. The zero-order valence-electron chi connectivity index (χ0n) is 11.8. The van der Waals surface area contributed by atoms with E-state index in [0.29, 0.717) is 0 Å². The van der Waals surface area contributed by atoms with Crippen molar-refractivity contribution in [2.24, 2.45) is 0 Å². The first-order chi connectivity index (χ1) is 9.79. The van der Waals surface area contributed by atoms with Gasteiger partial charge in [0.15, 0.2) is 0 Å². The van der Waals surface area contributed by atoms with E-state index < -0.39 is 0 Å². The van der Waals surface area contributed by atoms with E-state index in [4.69, 9.17) is 4.42 Å². The summed E-state index contributed by atoms with van der Waals surface area (Å²) in [4.78, 5) is 4.60. The number of fused-ring (bicyclic) bond motifs is 1. The zero-order valence-corrected chi connectivity index (χ0v) is 11.8. The fourth-order valence-corrected chi connectivity index (χ4v) is 2.60. The van der Waals surface area contributed by atoms with Crippen molar-refractivity contribution in [2.45, 2.75) is 19.9 Å². The minimum atomic E-state index is 0.0570. The summed E-state index contributed by atoms with van der Waals surface area (Å²) >= 11 is 0. The van der Waals surface area contributed by atoms with E-state index >= 15 is 0 Å². The van der Waals surface area contributed by atoms with Crippen molar-refractivity contribution in [3.63, 3.8) is 0 Å². The molecule has 3 nitrogen and oxygen atoms in total. The summed E-state index contributed by atoms with van der Waals surface area (Å²) in [6.07, 6.45) is 1.72. The highest BCUT2D eigenvalue weighted by Crippen LogP contribution is 2.29. The third kappa shape index (κ3) is 2.32. The summed E-state index contributed by atoms with van der Waals surface area (Å²) in [6, 6.07) is 14.4. The highest BCUT2D eigenvalue weighted by atomic mass is 16.3. The van der Waals surface area contributed by atoms with Gasteiger partial charge in [-0.3, -0.25) is 4.98 Å². The standard InChI is InChI=1S/C17H18N2O/c1-3-18-17(16-9-6-10-20-16)14-11-12(2)19-15-8-5-4-7-13(14)15/h4-11,17-18H,3H2,1-2H3. The number of rotatable bonds is 4. The van der Waals surface area contributed by atoms with Gasteiger partial charge in [0.25, 0.3) is 0 Å². The number of benzene rings is 1. The molecule has 1 aromatic carbocycles. The van der Waals surface area contributed by atoms with Crippen LogP contribution < -0.4 is 5.32 Å². The fraction of sp³-hybridized carbons (Fsp3) is 0.235. The van der Waals surface area contributed by atoms with E-state index in [2.05, 4.69) is 35.4 Å². The molecule has 0 amide bonds. The van der Waals surface area contributed by atoms with Crippen LogP contribution in [0.5, 0.6) is 0 Å². The van der Waals surface area contributed by atoms with Gasteiger partial charge in [0.05, 0.1) is 17.8 Å². The molecule has 20 heavy (non-hydrogen) atoms. The molecule has 0 saturated heterocycles. The van der Waals surface area contributed by atoms with E-state index in [1.807, 2.05) is 31.2 Å². The lowest BCUT2D eigenvalue weighted by Gasteiger charge is -2.18. The van der Waals surface area contributed by atoms with E-state index in [9.17, 15) is 0 Å². The number of nitrogens with zero attached hydrogens (tertiary/aromatic N) is 1. The molecule has 0 fully saturated rings. The van der Waals surface area contributed by atoms with E-state index in [1.54, 1.807) is 6.26 Å². The number of aromatic nitrogens is 1. The lowest BCUT2D eigenvalue weighted by molar-refractivity contribution is 0.453. The van der Waals surface area contributed by atoms with Gasteiger partial charge < -0.3 is 9.73 Å². The highest BCUT2D eigenvalue weighted by molar-refractivity contribution is 5.83. The highest BCUT2D eigenvalue weighted by Gasteiger charge is 2.18. The molecule has 1 unspecified atom stereocenters. The molecular weight excluding hydrogens is 248 g/mol. The predicted octanol–water partition coefficient (Wildman–Crippen LogP) is 3.84. The first kappa shape index (κ1) is 12.9. The average molecular weight is 266 g/mol. The average Bonchev–Trinajstić information content (AvgIpc) is 2.98. The van der Waals surface area contributed by atoms with Gasteiger partial charge >= 0.3 is 0 Å².